The molecule has 0 bridgehead atoms. The molecule has 0 aliphatic carbocycles. The third-order valence-electron chi connectivity index (χ3n) is 4.85. The Bertz CT molecular complexity index is 917. The van der Waals surface area contributed by atoms with Crippen molar-refractivity contribution >= 4 is 35.0 Å². The lowest BCUT2D eigenvalue weighted by Crippen LogP contribution is -2.30. The molecule has 8 nitrogen and oxygen atoms in total. The highest BCUT2D eigenvalue weighted by molar-refractivity contribution is 7.99. The largest absolute Gasteiger partial charge is 0.452 e. The molecule has 1 aliphatic heterocycles. The normalized spacial score (nSPS) is 13.1. The highest BCUT2D eigenvalue weighted by atomic mass is 32.2. The van der Waals surface area contributed by atoms with Crippen molar-refractivity contribution in [3.63, 3.8) is 0 Å². The summed E-state index contributed by atoms with van der Waals surface area (Å²) in [6.45, 7) is 1.61. The molecule has 2 aromatic rings. The maximum Gasteiger partial charge on any atom is 0.341 e. The number of hydrogen-bond acceptors (Lipinski definition) is 7. The van der Waals surface area contributed by atoms with E-state index >= 15 is 0 Å². The molecule has 0 saturated carbocycles. The number of non-ortho nitro benzene ring substituents is 1. The van der Waals surface area contributed by atoms with Gasteiger partial charge >= 0.3 is 5.97 Å². The molecule has 2 aromatic carbocycles. The van der Waals surface area contributed by atoms with Crippen LogP contribution in [0.25, 0.3) is 0 Å². The number of rotatable bonds is 10. The number of carbonyl (C=O) groups excluding carboxylic acids is 2. The van der Waals surface area contributed by atoms with Crippen molar-refractivity contribution in [2.45, 2.75) is 24.2 Å². The molecule has 1 amide bonds. The summed E-state index contributed by atoms with van der Waals surface area (Å²) in [5.74, 6) is -0.275. The Morgan fingerprint density at radius 3 is 2.58 bits per heavy atom. The van der Waals surface area contributed by atoms with Gasteiger partial charge in [-0.05, 0) is 43.2 Å². The zero-order valence-electron chi connectivity index (χ0n) is 17.1. The Morgan fingerprint density at radius 2 is 1.87 bits per heavy atom. The maximum absolute atomic E-state index is 12.6. The van der Waals surface area contributed by atoms with E-state index in [9.17, 15) is 19.7 Å². The first-order valence-electron chi connectivity index (χ1n) is 10.2. The lowest BCUT2D eigenvalue weighted by molar-refractivity contribution is -0.384. The van der Waals surface area contributed by atoms with E-state index in [2.05, 4.69) is 5.32 Å². The highest BCUT2D eigenvalue weighted by Gasteiger charge is 2.24. The second-order valence-corrected chi connectivity index (χ2v) is 8.26. The van der Waals surface area contributed by atoms with E-state index in [4.69, 9.17) is 4.74 Å². The van der Waals surface area contributed by atoms with Crippen LogP contribution in [0.3, 0.4) is 0 Å². The zero-order valence-corrected chi connectivity index (χ0v) is 17.9. The molecule has 164 valence electrons. The van der Waals surface area contributed by atoms with Gasteiger partial charge in [0.15, 0.2) is 6.61 Å². The van der Waals surface area contributed by atoms with Crippen LogP contribution in [0, 0.1) is 10.1 Å². The molecular formula is C22H25N3O5S. The smallest absolute Gasteiger partial charge is 0.341 e. The van der Waals surface area contributed by atoms with Crippen LogP contribution >= 0.6 is 11.8 Å². The molecule has 1 fully saturated rings. The van der Waals surface area contributed by atoms with Gasteiger partial charge < -0.3 is 15.0 Å². The molecule has 0 unspecified atom stereocenters. The summed E-state index contributed by atoms with van der Waals surface area (Å²) in [7, 11) is 0. The fourth-order valence-electron chi connectivity index (χ4n) is 3.30. The number of nitrogens with zero attached hydrogens (tertiary/aromatic N) is 2. The van der Waals surface area contributed by atoms with Crippen molar-refractivity contribution < 1.29 is 19.2 Å². The number of thioether (sulfide) groups is 1. The number of carbonyl (C=O) groups is 2. The topological polar surface area (TPSA) is 102 Å². The number of amides is 1. The number of hydrogen-bond donors (Lipinski definition) is 1. The quantitative estimate of drug-likeness (QED) is 0.197. The third-order valence-corrected chi connectivity index (χ3v) is 5.95. The predicted molar refractivity (Wildman–Crippen MR) is 120 cm³/mol. The van der Waals surface area contributed by atoms with Gasteiger partial charge in [0.2, 0.25) is 0 Å². The summed E-state index contributed by atoms with van der Waals surface area (Å²) < 4.78 is 5.15. The molecule has 0 aromatic heterocycles. The average molecular weight is 444 g/mol. The summed E-state index contributed by atoms with van der Waals surface area (Å²) in [5, 5.41) is 13.8. The van der Waals surface area contributed by atoms with Crippen LogP contribution in [0.2, 0.25) is 0 Å². The number of benzene rings is 2. The molecule has 0 radical (unpaired) electrons. The zero-order chi connectivity index (χ0) is 22.1. The van der Waals surface area contributed by atoms with Crippen LogP contribution in [0.15, 0.2) is 53.4 Å². The van der Waals surface area contributed by atoms with E-state index in [0.717, 1.165) is 38.1 Å². The molecule has 3 rings (SSSR count). The molecule has 1 heterocycles. The molecule has 31 heavy (non-hydrogen) atoms. The van der Waals surface area contributed by atoms with E-state index < -0.39 is 23.4 Å². The Labute approximate surface area is 185 Å². The predicted octanol–water partition coefficient (Wildman–Crippen LogP) is 3.65. The van der Waals surface area contributed by atoms with E-state index in [1.165, 1.54) is 17.0 Å². The van der Waals surface area contributed by atoms with Gasteiger partial charge in [-0.15, -0.1) is 11.8 Å². The molecule has 9 heteroatoms. The number of anilines is 1. The Balaban J connectivity index is 1.47. The molecule has 1 aliphatic rings. The number of esters is 1. The fraction of sp³-hybridized carbons (Fsp3) is 0.364. The van der Waals surface area contributed by atoms with Crippen LogP contribution in [-0.2, 0) is 9.53 Å². The summed E-state index contributed by atoms with van der Waals surface area (Å²) >= 11 is 1.71. The van der Waals surface area contributed by atoms with Crippen LogP contribution < -0.4 is 10.2 Å². The maximum atomic E-state index is 12.6. The first-order valence-corrected chi connectivity index (χ1v) is 11.2. The van der Waals surface area contributed by atoms with Crippen molar-refractivity contribution in [3.8, 4) is 0 Å². The molecule has 0 spiro atoms. The minimum Gasteiger partial charge on any atom is -0.452 e. The number of nitro benzene ring substituents is 1. The van der Waals surface area contributed by atoms with E-state index in [1.54, 1.807) is 17.8 Å². The molecular weight excluding hydrogens is 418 g/mol. The standard InChI is InChI=1S/C22H25N3O5S/c26-21(23-11-6-14-31-18-7-2-1-3-8-18)16-30-22(27)19-15-17(25(28)29)9-10-20(19)24-12-4-5-13-24/h1-3,7-10,15H,4-6,11-14,16H2,(H,23,26). The summed E-state index contributed by atoms with van der Waals surface area (Å²) in [5.41, 5.74) is 0.532. The SMILES string of the molecule is O=C(COC(=O)c1cc([N+](=O)[O-])ccc1N1CCCC1)NCCCSc1ccccc1. The van der Waals surface area contributed by atoms with Gasteiger partial charge in [0, 0.05) is 36.7 Å². The second kappa shape index (κ2) is 11.4. The molecule has 1 saturated heterocycles. The highest BCUT2D eigenvalue weighted by Crippen LogP contribution is 2.29. The number of nitrogens with one attached hydrogen (secondary N) is 1. The minimum absolute atomic E-state index is 0.114. The van der Waals surface area contributed by atoms with Crippen molar-refractivity contribution in [2.75, 3.05) is 36.9 Å². The average Bonchev–Trinajstić information content (AvgIpc) is 3.32. The minimum atomic E-state index is -0.736. The van der Waals surface area contributed by atoms with Gasteiger partial charge in [0.05, 0.1) is 16.2 Å². The molecule has 0 atom stereocenters. The van der Waals surface area contributed by atoms with Gasteiger partial charge in [-0.1, -0.05) is 18.2 Å². The third kappa shape index (κ3) is 6.71. The van der Waals surface area contributed by atoms with Crippen molar-refractivity contribution in [3.05, 3.63) is 64.2 Å². The molecule has 1 N–H and O–H groups in total. The second-order valence-electron chi connectivity index (χ2n) is 7.09. The van der Waals surface area contributed by atoms with Crippen molar-refractivity contribution in [1.29, 1.82) is 0 Å². The summed E-state index contributed by atoms with van der Waals surface area (Å²) in [6.07, 6.45) is 2.77. The Kier molecular flexibility index (Phi) is 8.28. The first kappa shape index (κ1) is 22.6. The van der Waals surface area contributed by atoms with Crippen LogP contribution in [0.4, 0.5) is 11.4 Å². The van der Waals surface area contributed by atoms with E-state index in [0.29, 0.717) is 12.2 Å². The number of nitro groups is 1. The van der Waals surface area contributed by atoms with Gasteiger partial charge in [0.25, 0.3) is 11.6 Å². The fourth-order valence-corrected chi connectivity index (χ4v) is 4.18. The van der Waals surface area contributed by atoms with Crippen LogP contribution in [0.5, 0.6) is 0 Å². The van der Waals surface area contributed by atoms with Gasteiger partial charge in [-0.25, -0.2) is 4.79 Å². The monoisotopic (exact) mass is 443 g/mol. The van der Waals surface area contributed by atoms with Gasteiger partial charge in [-0.3, -0.25) is 14.9 Å². The Hall–Kier alpha value is -3.07. The summed E-state index contributed by atoms with van der Waals surface area (Å²) in [6, 6.07) is 14.2. The van der Waals surface area contributed by atoms with Crippen LogP contribution in [-0.4, -0.2) is 48.8 Å². The summed E-state index contributed by atoms with van der Waals surface area (Å²) in [4.78, 5) is 38.3. The van der Waals surface area contributed by atoms with E-state index in [1.807, 2.05) is 35.2 Å². The van der Waals surface area contributed by atoms with E-state index in [-0.39, 0.29) is 11.3 Å². The number of ether oxygens (including phenoxy) is 1. The van der Waals surface area contributed by atoms with Crippen LogP contribution in [0.1, 0.15) is 29.6 Å². The lowest BCUT2D eigenvalue weighted by Gasteiger charge is -2.20. The van der Waals surface area contributed by atoms with Crippen molar-refractivity contribution in [2.24, 2.45) is 0 Å². The van der Waals surface area contributed by atoms with Gasteiger partial charge in [0.1, 0.15) is 0 Å². The van der Waals surface area contributed by atoms with Crippen molar-refractivity contribution in [1.82, 2.24) is 5.32 Å². The Morgan fingerprint density at radius 1 is 1.13 bits per heavy atom. The van der Waals surface area contributed by atoms with Gasteiger partial charge in [-0.2, -0.15) is 0 Å². The lowest BCUT2D eigenvalue weighted by atomic mass is 10.1. The first-order chi connectivity index (χ1) is 15.0.